The summed E-state index contributed by atoms with van der Waals surface area (Å²) in [6.07, 6.45) is -0.320. The summed E-state index contributed by atoms with van der Waals surface area (Å²) in [5.74, 6) is -0.0636. The van der Waals surface area contributed by atoms with Crippen molar-refractivity contribution in [1.82, 2.24) is 5.32 Å². The summed E-state index contributed by atoms with van der Waals surface area (Å²) in [6.45, 7) is 5.84. The normalized spacial score (nSPS) is 12.6. The Balaban J connectivity index is 2.65. The number of nitrogens with one attached hydrogen (secondary N) is 2. The smallest absolute Gasteiger partial charge is 0.251 e. The van der Waals surface area contributed by atoms with Crippen molar-refractivity contribution in [1.29, 1.82) is 0 Å². The number of methoxy groups -OCH3 is 2. The van der Waals surface area contributed by atoms with Gasteiger partial charge in [-0.2, -0.15) is 0 Å². The molecule has 0 aliphatic heterocycles. The Hall–Kier alpha value is -1.59. The van der Waals surface area contributed by atoms with Gasteiger partial charge < -0.3 is 20.1 Å². The van der Waals surface area contributed by atoms with E-state index >= 15 is 0 Å². The molecule has 0 bridgehead atoms. The van der Waals surface area contributed by atoms with E-state index in [0.717, 1.165) is 5.69 Å². The van der Waals surface area contributed by atoms with Gasteiger partial charge >= 0.3 is 0 Å². The van der Waals surface area contributed by atoms with Crippen molar-refractivity contribution < 1.29 is 14.3 Å². The van der Waals surface area contributed by atoms with Crippen molar-refractivity contribution in [2.75, 3.05) is 19.5 Å². The van der Waals surface area contributed by atoms with Crippen molar-refractivity contribution in [2.24, 2.45) is 0 Å². The molecule has 0 aliphatic carbocycles. The number of ether oxygens (including phenoxy) is 2. The van der Waals surface area contributed by atoms with Crippen LogP contribution >= 0.6 is 0 Å². The Morgan fingerprint density at radius 2 is 1.60 bits per heavy atom. The first kappa shape index (κ1) is 16.5. The number of amides is 1. The molecule has 0 saturated carbocycles. The number of hydrogen-bond donors (Lipinski definition) is 2. The molecule has 5 heteroatoms. The van der Waals surface area contributed by atoms with Crippen LogP contribution in [0.5, 0.6) is 0 Å². The Labute approximate surface area is 120 Å². The molecule has 1 rings (SSSR count). The van der Waals surface area contributed by atoms with Crippen LogP contribution in [-0.2, 0) is 9.47 Å². The zero-order valence-electron chi connectivity index (χ0n) is 12.8. The first-order valence-corrected chi connectivity index (χ1v) is 6.71. The van der Waals surface area contributed by atoms with Gasteiger partial charge in [-0.25, -0.2) is 0 Å². The van der Waals surface area contributed by atoms with E-state index in [1.165, 1.54) is 0 Å². The third-order valence-corrected chi connectivity index (χ3v) is 2.83. The molecular weight excluding hydrogens is 256 g/mol. The fourth-order valence-corrected chi connectivity index (χ4v) is 1.90. The van der Waals surface area contributed by atoms with Gasteiger partial charge in [0.25, 0.3) is 5.91 Å². The second-order valence-electron chi connectivity index (χ2n) is 4.98. The molecule has 112 valence electrons. The van der Waals surface area contributed by atoms with Crippen molar-refractivity contribution in [3.63, 3.8) is 0 Å². The molecule has 1 aromatic rings. The van der Waals surface area contributed by atoms with Crippen LogP contribution in [0.25, 0.3) is 0 Å². The van der Waals surface area contributed by atoms with E-state index in [0.29, 0.717) is 5.56 Å². The van der Waals surface area contributed by atoms with Crippen molar-refractivity contribution in [3.8, 4) is 0 Å². The minimum atomic E-state index is -0.320. The molecule has 0 aliphatic rings. The summed E-state index contributed by atoms with van der Waals surface area (Å²) >= 11 is 0. The number of rotatable bonds is 7. The molecule has 5 nitrogen and oxygen atoms in total. The van der Waals surface area contributed by atoms with Crippen molar-refractivity contribution in [3.05, 3.63) is 29.8 Å². The van der Waals surface area contributed by atoms with Crippen LogP contribution in [0.15, 0.2) is 24.3 Å². The molecule has 1 amide bonds. The molecule has 1 atom stereocenters. The minimum absolute atomic E-state index is 0.000315. The lowest BCUT2D eigenvalue weighted by Gasteiger charge is -2.23. The summed E-state index contributed by atoms with van der Waals surface area (Å²) in [7, 11) is 3.21. The number of carbonyl (C=O) groups is 1. The van der Waals surface area contributed by atoms with Gasteiger partial charge in [0.1, 0.15) is 0 Å². The van der Waals surface area contributed by atoms with Crippen LogP contribution in [0.3, 0.4) is 0 Å². The van der Waals surface area contributed by atoms with Crippen LogP contribution in [0.4, 0.5) is 5.69 Å². The van der Waals surface area contributed by atoms with Gasteiger partial charge in [0, 0.05) is 31.5 Å². The fraction of sp³-hybridized carbons (Fsp3) is 0.533. The molecular formula is C15H24N2O3. The number of carbonyl (C=O) groups excluding carboxylic acids is 1. The van der Waals surface area contributed by atoms with Gasteiger partial charge in [0.15, 0.2) is 6.29 Å². The maximum absolute atomic E-state index is 11.8. The SMILES string of the molecule is COC(OC)C(C)Nc1ccc(C(=O)NC(C)C)cc1. The van der Waals surface area contributed by atoms with E-state index in [1.54, 1.807) is 26.4 Å². The van der Waals surface area contributed by atoms with Crippen molar-refractivity contribution >= 4 is 11.6 Å². The van der Waals surface area contributed by atoms with E-state index in [4.69, 9.17) is 9.47 Å². The predicted molar refractivity (Wildman–Crippen MR) is 79.9 cm³/mol. The van der Waals surface area contributed by atoms with Crippen LogP contribution in [0.2, 0.25) is 0 Å². The quantitative estimate of drug-likeness (QED) is 0.752. The Bertz CT molecular complexity index is 414. The van der Waals surface area contributed by atoms with Gasteiger partial charge in [0.2, 0.25) is 0 Å². The highest BCUT2D eigenvalue weighted by molar-refractivity contribution is 5.94. The van der Waals surface area contributed by atoms with Crippen LogP contribution in [0, 0.1) is 0 Å². The fourth-order valence-electron chi connectivity index (χ4n) is 1.90. The zero-order valence-corrected chi connectivity index (χ0v) is 12.8. The maximum Gasteiger partial charge on any atom is 0.251 e. The first-order chi connectivity index (χ1) is 9.47. The van der Waals surface area contributed by atoms with Gasteiger partial charge in [-0.05, 0) is 45.0 Å². The summed E-state index contributed by atoms with van der Waals surface area (Å²) in [4.78, 5) is 11.8. The van der Waals surface area contributed by atoms with Crippen LogP contribution in [-0.4, -0.2) is 38.5 Å². The second kappa shape index (κ2) is 7.87. The molecule has 20 heavy (non-hydrogen) atoms. The predicted octanol–water partition coefficient (Wildman–Crippen LogP) is 2.24. The highest BCUT2D eigenvalue weighted by Gasteiger charge is 2.15. The molecule has 0 fully saturated rings. The third-order valence-electron chi connectivity index (χ3n) is 2.83. The number of benzene rings is 1. The van der Waals surface area contributed by atoms with Crippen LogP contribution < -0.4 is 10.6 Å². The molecule has 2 N–H and O–H groups in total. The van der Waals surface area contributed by atoms with Crippen molar-refractivity contribution in [2.45, 2.75) is 39.1 Å². The third kappa shape index (κ3) is 4.83. The van der Waals surface area contributed by atoms with E-state index in [1.807, 2.05) is 32.9 Å². The highest BCUT2D eigenvalue weighted by atomic mass is 16.7. The molecule has 0 aromatic heterocycles. The van der Waals surface area contributed by atoms with Gasteiger partial charge in [-0.3, -0.25) is 4.79 Å². The molecule has 1 aromatic carbocycles. The lowest BCUT2D eigenvalue weighted by molar-refractivity contribution is -0.109. The number of hydrogen-bond acceptors (Lipinski definition) is 4. The lowest BCUT2D eigenvalue weighted by atomic mass is 10.1. The largest absolute Gasteiger partial charge is 0.377 e. The second-order valence-corrected chi connectivity index (χ2v) is 4.98. The summed E-state index contributed by atoms with van der Waals surface area (Å²) in [5, 5.41) is 6.13. The summed E-state index contributed by atoms with van der Waals surface area (Å²) in [5.41, 5.74) is 1.56. The summed E-state index contributed by atoms with van der Waals surface area (Å²) < 4.78 is 10.4. The topological polar surface area (TPSA) is 59.6 Å². The van der Waals surface area contributed by atoms with E-state index in [-0.39, 0.29) is 24.3 Å². The molecule has 1 unspecified atom stereocenters. The zero-order chi connectivity index (χ0) is 15.1. The standard InChI is InChI=1S/C15H24N2O3/c1-10(2)16-14(18)12-6-8-13(9-7-12)17-11(3)15(19-4)20-5/h6-11,15,17H,1-5H3,(H,16,18). The van der Waals surface area contributed by atoms with E-state index in [9.17, 15) is 4.79 Å². The number of anilines is 1. The Morgan fingerprint density at radius 1 is 1.05 bits per heavy atom. The van der Waals surface area contributed by atoms with E-state index in [2.05, 4.69) is 10.6 Å². The summed E-state index contributed by atoms with van der Waals surface area (Å²) in [6, 6.07) is 7.45. The van der Waals surface area contributed by atoms with E-state index < -0.39 is 0 Å². The van der Waals surface area contributed by atoms with Gasteiger partial charge in [-0.15, -0.1) is 0 Å². The maximum atomic E-state index is 11.8. The Morgan fingerprint density at radius 3 is 2.05 bits per heavy atom. The molecule has 0 radical (unpaired) electrons. The molecule has 0 heterocycles. The monoisotopic (exact) mass is 280 g/mol. The average molecular weight is 280 g/mol. The van der Waals surface area contributed by atoms with Gasteiger partial charge in [-0.1, -0.05) is 0 Å². The Kier molecular flexibility index (Phi) is 6.48. The van der Waals surface area contributed by atoms with Gasteiger partial charge in [0.05, 0.1) is 6.04 Å². The van der Waals surface area contributed by atoms with Crippen LogP contribution in [0.1, 0.15) is 31.1 Å². The highest BCUT2D eigenvalue weighted by Crippen LogP contribution is 2.13. The first-order valence-electron chi connectivity index (χ1n) is 6.71. The average Bonchev–Trinajstić information content (AvgIpc) is 2.40. The lowest BCUT2D eigenvalue weighted by Crippen LogP contribution is -2.33. The molecule has 0 saturated heterocycles. The minimum Gasteiger partial charge on any atom is -0.377 e. The molecule has 0 spiro atoms.